The second-order valence-corrected chi connectivity index (χ2v) is 7.02. The van der Waals surface area contributed by atoms with E-state index in [1.54, 1.807) is 11.3 Å². The molecule has 1 aliphatic carbocycles. The molecule has 1 N–H and O–H groups in total. The minimum atomic E-state index is 0.0249. The SMILES string of the molecule is Cc1csc(-c2cc(CO)nn2C2CCCCCCC2)c1. The molecule has 3 rings (SSSR count). The zero-order chi connectivity index (χ0) is 14.7. The van der Waals surface area contributed by atoms with Crippen LogP contribution in [0.4, 0.5) is 0 Å². The van der Waals surface area contributed by atoms with Crippen LogP contribution < -0.4 is 0 Å². The smallest absolute Gasteiger partial charge is 0.0885 e. The highest BCUT2D eigenvalue weighted by molar-refractivity contribution is 7.13. The van der Waals surface area contributed by atoms with Crippen LogP contribution in [0.2, 0.25) is 0 Å². The standard InChI is InChI=1S/C17H24N2OS/c1-13-9-17(21-12-13)16-10-14(11-20)18-19(16)15-7-5-3-2-4-6-8-15/h9-10,12,15,20H,2-8,11H2,1H3. The van der Waals surface area contributed by atoms with Crippen molar-refractivity contribution in [3.8, 4) is 10.6 Å². The summed E-state index contributed by atoms with van der Waals surface area (Å²) in [5.41, 5.74) is 3.27. The Bertz CT molecular complexity index is 579. The van der Waals surface area contributed by atoms with Gasteiger partial charge in [-0.05, 0) is 42.8 Å². The fourth-order valence-electron chi connectivity index (χ4n) is 3.23. The molecule has 3 nitrogen and oxygen atoms in total. The fraction of sp³-hybridized carbons (Fsp3) is 0.588. The van der Waals surface area contributed by atoms with Crippen molar-refractivity contribution in [2.45, 2.75) is 64.5 Å². The van der Waals surface area contributed by atoms with E-state index in [0.717, 1.165) is 5.69 Å². The van der Waals surface area contributed by atoms with E-state index >= 15 is 0 Å². The van der Waals surface area contributed by atoms with Gasteiger partial charge >= 0.3 is 0 Å². The monoisotopic (exact) mass is 304 g/mol. The van der Waals surface area contributed by atoms with Crippen LogP contribution in [0.15, 0.2) is 17.5 Å². The summed E-state index contributed by atoms with van der Waals surface area (Å²) in [6, 6.07) is 4.77. The molecule has 0 aromatic carbocycles. The van der Waals surface area contributed by atoms with Crippen LogP contribution in [0.25, 0.3) is 10.6 Å². The van der Waals surface area contributed by atoms with Crippen molar-refractivity contribution in [3.05, 3.63) is 28.8 Å². The quantitative estimate of drug-likeness (QED) is 0.892. The number of rotatable bonds is 3. The van der Waals surface area contributed by atoms with E-state index in [9.17, 15) is 5.11 Å². The Hall–Kier alpha value is -1.13. The molecule has 114 valence electrons. The summed E-state index contributed by atoms with van der Waals surface area (Å²) >= 11 is 1.77. The van der Waals surface area contributed by atoms with E-state index in [1.807, 2.05) is 0 Å². The summed E-state index contributed by atoms with van der Waals surface area (Å²) in [4.78, 5) is 1.27. The number of hydrogen-bond acceptors (Lipinski definition) is 3. The molecule has 1 aliphatic rings. The van der Waals surface area contributed by atoms with Crippen molar-refractivity contribution < 1.29 is 5.11 Å². The van der Waals surface area contributed by atoms with Crippen LogP contribution in [0.3, 0.4) is 0 Å². The second kappa shape index (κ2) is 6.75. The van der Waals surface area contributed by atoms with Crippen molar-refractivity contribution in [3.63, 3.8) is 0 Å². The molecule has 0 spiro atoms. The molecule has 0 radical (unpaired) electrons. The molecule has 1 fully saturated rings. The molecule has 0 unspecified atom stereocenters. The molecule has 0 atom stereocenters. The summed E-state index contributed by atoms with van der Waals surface area (Å²) < 4.78 is 2.20. The Morgan fingerprint density at radius 2 is 1.90 bits per heavy atom. The molecule has 2 heterocycles. The third-order valence-electron chi connectivity index (χ3n) is 4.35. The topological polar surface area (TPSA) is 38.1 Å². The van der Waals surface area contributed by atoms with E-state index in [1.165, 1.54) is 61.1 Å². The molecule has 0 saturated heterocycles. The number of nitrogens with zero attached hydrogens (tertiary/aromatic N) is 2. The number of aliphatic hydroxyl groups excluding tert-OH is 1. The van der Waals surface area contributed by atoms with Crippen molar-refractivity contribution in [1.82, 2.24) is 9.78 Å². The first-order valence-electron chi connectivity index (χ1n) is 8.02. The van der Waals surface area contributed by atoms with Crippen LogP contribution in [-0.4, -0.2) is 14.9 Å². The summed E-state index contributed by atoms with van der Waals surface area (Å²) in [7, 11) is 0. The molecule has 2 aromatic rings. The van der Waals surface area contributed by atoms with Crippen molar-refractivity contribution >= 4 is 11.3 Å². The van der Waals surface area contributed by atoms with Crippen LogP contribution in [0, 0.1) is 6.92 Å². The second-order valence-electron chi connectivity index (χ2n) is 6.11. The van der Waals surface area contributed by atoms with Gasteiger partial charge in [0.05, 0.1) is 28.9 Å². The molecular formula is C17H24N2OS. The zero-order valence-corrected chi connectivity index (χ0v) is 13.5. The van der Waals surface area contributed by atoms with Gasteiger partial charge in [-0.2, -0.15) is 5.10 Å². The number of hydrogen-bond donors (Lipinski definition) is 1. The lowest BCUT2D eigenvalue weighted by Gasteiger charge is -2.22. The van der Waals surface area contributed by atoms with E-state index in [2.05, 4.69) is 34.2 Å². The molecule has 4 heteroatoms. The van der Waals surface area contributed by atoms with Gasteiger partial charge in [-0.3, -0.25) is 4.68 Å². The van der Waals surface area contributed by atoms with Crippen molar-refractivity contribution in [2.24, 2.45) is 0 Å². The van der Waals surface area contributed by atoms with E-state index in [-0.39, 0.29) is 6.61 Å². The molecule has 21 heavy (non-hydrogen) atoms. The summed E-state index contributed by atoms with van der Waals surface area (Å²) in [6.07, 6.45) is 9.08. The number of aliphatic hydroxyl groups is 1. The minimum absolute atomic E-state index is 0.0249. The van der Waals surface area contributed by atoms with Crippen LogP contribution in [-0.2, 0) is 6.61 Å². The minimum Gasteiger partial charge on any atom is -0.390 e. The first-order chi connectivity index (χ1) is 10.3. The average Bonchev–Trinajstić information content (AvgIpc) is 3.04. The van der Waals surface area contributed by atoms with Gasteiger partial charge < -0.3 is 5.11 Å². The van der Waals surface area contributed by atoms with Crippen LogP contribution in [0.5, 0.6) is 0 Å². The molecule has 0 bridgehead atoms. The average molecular weight is 304 g/mol. The maximum Gasteiger partial charge on any atom is 0.0885 e. The Labute approximate surface area is 130 Å². The molecular weight excluding hydrogens is 280 g/mol. The van der Waals surface area contributed by atoms with Gasteiger partial charge in [-0.15, -0.1) is 11.3 Å². The first kappa shape index (κ1) is 14.8. The third-order valence-corrected chi connectivity index (χ3v) is 5.42. The lowest BCUT2D eigenvalue weighted by atomic mass is 9.96. The summed E-state index contributed by atoms with van der Waals surface area (Å²) in [6.45, 7) is 2.15. The van der Waals surface area contributed by atoms with E-state index < -0.39 is 0 Å². The van der Waals surface area contributed by atoms with Crippen molar-refractivity contribution in [2.75, 3.05) is 0 Å². The Morgan fingerprint density at radius 1 is 1.19 bits per heavy atom. The molecule has 2 aromatic heterocycles. The largest absolute Gasteiger partial charge is 0.390 e. The number of thiophene rings is 1. The Morgan fingerprint density at radius 3 is 2.52 bits per heavy atom. The lowest BCUT2D eigenvalue weighted by Crippen LogP contribution is -2.13. The van der Waals surface area contributed by atoms with Gasteiger partial charge in [0.25, 0.3) is 0 Å². The molecule has 0 amide bonds. The highest BCUT2D eigenvalue weighted by Gasteiger charge is 2.20. The van der Waals surface area contributed by atoms with E-state index in [0.29, 0.717) is 6.04 Å². The predicted molar refractivity (Wildman–Crippen MR) is 87.6 cm³/mol. The van der Waals surface area contributed by atoms with Crippen LogP contribution >= 0.6 is 11.3 Å². The highest BCUT2D eigenvalue weighted by atomic mass is 32.1. The maximum atomic E-state index is 9.45. The first-order valence-corrected chi connectivity index (χ1v) is 8.90. The van der Waals surface area contributed by atoms with Gasteiger partial charge in [-0.25, -0.2) is 0 Å². The van der Waals surface area contributed by atoms with Crippen molar-refractivity contribution in [1.29, 1.82) is 0 Å². The molecule has 0 aliphatic heterocycles. The lowest BCUT2D eigenvalue weighted by molar-refractivity contribution is 0.271. The highest BCUT2D eigenvalue weighted by Crippen LogP contribution is 2.34. The predicted octanol–water partition coefficient (Wildman–Crippen LogP) is 4.70. The number of aryl methyl sites for hydroxylation is 1. The van der Waals surface area contributed by atoms with Gasteiger partial charge in [0.2, 0.25) is 0 Å². The summed E-state index contributed by atoms with van der Waals surface area (Å²) in [5, 5.41) is 16.3. The van der Waals surface area contributed by atoms with Gasteiger partial charge in [-0.1, -0.05) is 32.1 Å². The zero-order valence-electron chi connectivity index (χ0n) is 12.7. The van der Waals surface area contributed by atoms with Crippen LogP contribution in [0.1, 0.15) is 62.2 Å². The van der Waals surface area contributed by atoms with Gasteiger partial charge in [0.15, 0.2) is 0 Å². The van der Waals surface area contributed by atoms with Gasteiger partial charge in [0, 0.05) is 0 Å². The molecule has 1 saturated carbocycles. The Kier molecular flexibility index (Phi) is 4.76. The van der Waals surface area contributed by atoms with E-state index in [4.69, 9.17) is 0 Å². The fourth-order valence-corrected chi connectivity index (χ4v) is 4.14. The third kappa shape index (κ3) is 3.38. The maximum absolute atomic E-state index is 9.45. The Balaban J connectivity index is 1.93. The summed E-state index contributed by atoms with van der Waals surface area (Å²) in [5.74, 6) is 0. The normalized spacial score (nSPS) is 17.6. The van der Waals surface area contributed by atoms with Gasteiger partial charge in [0.1, 0.15) is 0 Å². The number of aromatic nitrogens is 2.